The van der Waals surface area contributed by atoms with Crippen LogP contribution in [0.25, 0.3) is 10.9 Å². The largest absolute Gasteiger partial charge is 0.336 e. The Labute approximate surface area is 190 Å². The smallest absolute Gasteiger partial charge is 0.244 e. The molecule has 1 amide bonds. The zero-order valence-corrected chi connectivity index (χ0v) is 18.7. The van der Waals surface area contributed by atoms with E-state index in [9.17, 15) is 18.0 Å². The van der Waals surface area contributed by atoms with Crippen molar-refractivity contribution in [2.75, 3.05) is 5.32 Å². The summed E-state index contributed by atoms with van der Waals surface area (Å²) in [4.78, 5) is 25.4. The zero-order valence-electron chi connectivity index (χ0n) is 17.1. The van der Waals surface area contributed by atoms with Gasteiger partial charge in [0.1, 0.15) is 11.4 Å². The number of rotatable bonds is 5. The molecule has 8 heteroatoms. The molecule has 1 N–H and O–H groups in total. The third kappa shape index (κ3) is 4.30. The van der Waals surface area contributed by atoms with E-state index in [4.69, 9.17) is 11.6 Å². The minimum Gasteiger partial charge on any atom is -0.336 e. The summed E-state index contributed by atoms with van der Waals surface area (Å²) in [5.41, 5.74) is 1.42. The first kappa shape index (κ1) is 21.8. The molecule has 0 saturated carbocycles. The lowest BCUT2D eigenvalue weighted by molar-refractivity contribution is -0.116. The van der Waals surface area contributed by atoms with Crippen molar-refractivity contribution in [3.8, 4) is 0 Å². The number of pyridine rings is 1. The predicted molar refractivity (Wildman–Crippen MR) is 125 cm³/mol. The highest BCUT2D eigenvalue weighted by atomic mass is 35.5. The van der Waals surface area contributed by atoms with Gasteiger partial charge in [0.15, 0.2) is 0 Å². The molecule has 162 valence electrons. The van der Waals surface area contributed by atoms with Crippen molar-refractivity contribution in [1.82, 2.24) is 4.57 Å². The van der Waals surface area contributed by atoms with Crippen molar-refractivity contribution in [2.45, 2.75) is 23.3 Å². The fourth-order valence-electron chi connectivity index (χ4n) is 3.38. The second-order valence-corrected chi connectivity index (χ2v) is 9.70. The maximum absolute atomic E-state index is 13.2. The number of anilines is 1. The van der Waals surface area contributed by atoms with E-state index in [-0.39, 0.29) is 22.7 Å². The van der Waals surface area contributed by atoms with Crippen LogP contribution in [-0.2, 0) is 21.2 Å². The molecule has 0 atom stereocenters. The molecular weight excluding hydrogens is 448 g/mol. The molecule has 1 aromatic heterocycles. The number of carbonyl (C=O) groups excluding carboxylic acids is 1. The average molecular weight is 467 g/mol. The summed E-state index contributed by atoms with van der Waals surface area (Å²) < 4.78 is 27.8. The summed E-state index contributed by atoms with van der Waals surface area (Å²) in [7, 11) is -4.10. The minimum absolute atomic E-state index is 0.00543. The number of aryl methyl sites for hydroxylation is 1. The Kier molecular flexibility index (Phi) is 5.86. The van der Waals surface area contributed by atoms with Gasteiger partial charge in [0.2, 0.25) is 21.2 Å². The second kappa shape index (κ2) is 8.61. The standard InChI is InChI=1S/C24H19ClN2O4S/c1-16-7-10-18(11-8-16)26-23(28)15-27-14-22(32(30,31)19-5-3-2-4-6-19)24(29)20-13-17(25)9-12-21(20)27/h2-14H,15H2,1H3,(H,26,28). The van der Waals surface area contributed by atoms with Crippen LogP contribution < -0.4 is 10.7 Å². The van der Waals surface area contributed by atoms with Crippen LogP contribution in [0.5, 0.6) is 0 Å². The lowest BCUT2D eigenvalue weighted by Gasteiger charge is -2.14. The molecule has 0 bridgehead atoms. The van der Waals surface area contributed by atoms with Crippen LogP contribution in [0.3, 0.4) is 0 Å². The molecule has 3 aromatic carbocycles. The molecule has 0 unspecified atom stereocenters. The molecule has 1 heterocycles. The third-order valence-corrected chi connectivity index (χ3v) is 7.00. The van der Waals surface area contributed by atoms with E-state index in [0.29, 0.717) is 16.2 Å². The van der Waals surface area contributed by atoms with E-state index in [2.05, 4.69) is 5.32 Å². The number of fused-ring (bicyclic) bond motifs is 1. The van der Waals surface area contributed by atoms with Crippen molar-refractivity contribution in [1.29, 1.82) is 0 Å². The van der Waals surface area contributed by atoms with Crippen molar-refractivity contribution in [2.24, 2.45) is 0 Å². The topological polar surface area (TPSA) is 85.2 Å². The molecular formula is C24H19ClN2O4S. The van der Waals surface area contributed by atoms with Gasteiger partial charge in [-0.25, -0.2) is 8.42 Å². The Bertz CT molecular complexity index is 1480. The summed E-state index contributed by atoms with van der Waals surface area (Å²) in [6.07, 6.45) is 1.22. The molecule has 0 aliphatic carbocycles. The number of hydrogen-bond acceptors (Lipinski definition) is 4. The first-order chi connectivity index (χ1) is 15.3. The maximum Gasteiger partial charge on any atom is 0.244 e. The normalized spacial score (nSPS) is 11.4. The second-order valence-electron chi connectivity index (χ2n) is 7.34. The van der Waals surface area contributed by atoms with Gasteiger partial charge in [0.25, 0.3) is 0 Å². The van der Waals surface area contributed by atoms with Gasteiger partial charge < -0.3 is 9.88 Å². The summed E-state index contributed by atoms with van der Waals surface area (Å²) in [5.74, 6) is -0.364. The van der Waals surface area contributed by atoms with Crippen molar-refractivity contribution < 1.29 is 13.2 Å². The van der Waals surface area contributed by atoms with Crippen LogP contribution in [0.15, 0.2) is 93.6 Å². The Morgan fingerprint density at radius 1 is 1.00 bits per heavy atom. The number of carbonyl (C=O) groups is 1. The van der Waals surface area contributed by atoms with E-state index in [1.807, 2.05) is 19.1 Å². The van der Waals surface area contributed by atoms with Crippen LogP contribution in [0.1, 0.15) is 5.56 Å². The zero-order chi connectivity index (χ0) is 22.9. The number of sulfone groups is 1. The van der Waals surface area contributed by atoms with E-state index >= 15 is 0 Å². The van der Waals surface area contributed by atoms with Crippen LogP contribution in [0.2, 0.25) is 5.02 Å². The molecule has 6 nitrogen and oxygen atoms in total. The highest BCUT2D eigenvalue weighted by molar-refractivity contribution is 7.91. The third-order valence-electron chi connectivity index (χ3n) is 5.00. The first-order valence-electron chi connectivity index (χ1n) is 9.75. The summed E-state index contributed by atoms with van der Waals surface area (Å²) in [6, 6.07) is 19.6. The molecule has 0 aliphatic heterocycles. The van der Waals surface area contributed by atoms with Crippen molar-refractivity contribution in [3.63, 3.8) is 0 Å². The molecule has 0 aliphatic rings. The predicted octanol–water partition coefficient (Wildman–Crippen LogP) is 4.43. The van der Waals surface area contributed by atoms with Gasteiger partial charge in [-0.3, -0.25) is 9.59 Å². The number of amides is 1. The Hall–Kier alpha value is -3.42. The highest BCUT2D eigenvalue weighted by Gasteiger charge is 2.24. The Balaban J connectivity index is 1.81. The quantitative estimate of drug-likeness (QED) is 0.471. The molecule has 4 aromatic rings. The fourth-order valence-corrected chi connectivity index (χ4v) is 4.95. The first-order valence-corrected chi connectivity index (χ1v) is 11.6. The van der Waals surface area contributed by atoms with Gasteiger partial charge >= 0.3 is 0 Å². The van der Waals surface area contributed by atoms with Crippen LogP contribution in [0.4, 0.5) is 5.69 Å². The van der Waals surface area contributed by atoms with Gasteiger partial charge in [-0.1, -0.05) is 47.5 Å². The highest BCUT2D eigenvalue weighted by Crippen LogP contribution is 2.23. The summed E-state index contributed by atoms with van der Waals surface area (Å²) >= 11 is 6.08. The molecule has 32 heavy (non-hydrogen) atoms. The van der Waals surface area contributed by atoms with Crippen LogP contribution >= 0.6 is 11.6 Å². The van der Waals surface area contributed by atoms with Gasteiger partial charge in [0, 0.05) is 22.3 Å². The Morgan fingerprint density at radius 3 is 2.38 bits per heavy atom. The van der Waals surface area contributed by atoms with Gasteiger partial charge in [0.05, 0.1) is 10.4 Å². The number of halogens is 1. The number of nitrogens with zero attached hydrogens (tertiary/aromatic N) is 1. The monoisotopic (exact) mass is 466 g/mol. The van der Waals surface area contributed by atoms with E-state index < -0.39 is 20.2 Å². The summed E-state index contributed by atoms with van der Waals surface area (Å²) in [6.45, 7) is 1.75. The SMILES string of the molecule is Cc1ccc(NC(=O)Cn2cc(S(=O)(=O)c3ccccc3)c(=O)c3cc(Cl)ccc32)cc1. The lowest BCUT2D eigenvalue weighted by atomic mass is 10.2. The van der Waals surface area contributed by atoms with Crippen molar-refractivity contribution in [3.05, 3.63) is 99.8 Å². The van der Waals surface area contributed by atoms with Gasteiger partial charge in [-0.2, -0.15) is 0 Å². The number of hydrogen-bond donors (Lipinski definition) is 1. The van der Waals surface area contributed by atoms with Gasteiger partial charge in [-0.05, 0) is 49.4 Å². The molecule has 4 rings (SSSR count). The fraction of sp³-hybridized carbons (Fsp3) is 0.0833. The molecule has 0 saturated heterocycles. The number of nitrogens with one attached hydrogen (secondary N) is 1. The lowest BCUT2D eigenvalue weighted by Crippen LogP contribution is -2.24. The molecule has 0 fully saturated rings. The average Bonchev–Trinajstić information content (AvgIpc) is 2.77. The van der Waals surface area contributed by atoms with E-state index in [0.717, 1.165) is 5.56 Å². The Morgan fingerprint density at radius 2 is 1.69 bits per heavy atom. The van der Waals surface area contributed by atoms with Gasteiger partial charge in [-0.15, -0.1) is 0 Å². The number of aromatic nitrogens is 1. The van der Waals surface area contributed by atoms with E-state index in [1.54, 1.807) is 42.5 Å². The summed E-state index contributed by atoms with van der Waals surface area (Å²) in [5, 5.41) is 3.20. The van der Waals surface area contributed by atoms with E-state index in [1.165, 1.54) is 29.0 Å². The molecule has 0 radical (unpaired) electrons. The van der Waals surface area contributed by atoms with Crippen molar-refractivity contribution >= 4 is 43.9 Å². The van der Waals surface area contributed by atoms with Crippen LogP contribution in [0, 0.1) is 6.92 Å². The minimum atomic E-state index is -4.10. The maximum atomic E-state index is 13.2. The number of benzene rings is 3. The van der Waals surface area contributed by atoms with Crippen LogP contribution in [-0.4, -0.2) is 18.9 Å². The molecule has 0 spiro atoms.